The van der Waals surface area contributed by atoms with Crippen LogP contribution in [-0.4, -0.2) is 22.0 Å². The van der Waals surface area contributed by atoms with Crippen molar-refractivity contribution in [1.82, 2.24) is 9.88 Å². The molecule has 0 amide bonds. The molecule has 2 rings (SSSR count). The van der Waals surface area contributed by atoms with Crippen molar-refractivity contribution in [3.8, 4) is 5.75 Å². The van der Waals surface area contributed by atoms with E-state index in [0.29, 0.717) is 5.75 Å². The van der Waals surface area contributed by atoms with Crippen LogP contribution in [0.1, 0.15) is 10.6 Å². The summed E-state index contributed by atoms with van der Waals surface area (Å²) in [5.74, 6) is 0.355. The summed E-state index contributed by atoms with van der Waals surface area (Å²) in [5, 5.41) is 12.7. The van der Waals surface area contributed by atoms with Gasteiger partial charge in [0.1, 0.15) is 10.8 Å². The van der Waals surface area contributed by atoms with E-state index in [1.807, 2.05) is 36.8 Å². The second-order valence-corrected chi connectivity index (χ2v) is 4.71. The van der Waals surface area contributed by atoms with Gasteiger partial charge in [0.15, 0.2) is 0 Å². The number of rotatable bonds is 4. The van der Waals surface area contributed by atoms with E-state index in [0.717, 1.165) is 23.7 Å². The van der Waals surface area contributed by atoms with Crippen LogP contribution in [0.3, 0.4) is 0 Å². The molecular weight excluding hydrogens is 220 g/mol. The average molecular weight is 234 g/mol. The van der Waals surface area contributed by atoms with Gasteiger partial charge in [0.05, 0.1) is 6.54 Å². The summed E-state index contributed by atoms with van der Waals surface area (Å²) in [4.78, 5) is 6.37. The molecule has 1 N–H and O–H groups in total. The van der Waals surface area contributed by atoms with E-state index in [1.54, 1.807) is 17.4 Å². The van der Waals surface area contributed by atoms with E-state index in [1.165, 1.54) is 0 Å². The fourth-order valence-corrected chi connectivity index (χ4v) is 2.25. The second kappa shape index (κ2) is 5.09. The lowest BCUT2D eigenvalue weighted by atomic mass is 10.2. The molecule has 4 heteroatoms. The summed E-state index contributed by atoms with van der Waals surface area (Å²) < 4.78 is 0. The SMILES string of the molecule is CN(Cc1nccs1)Cc1ccccc1O. The van der Waals surface area contributed by atoms with Crippen LogP contribution in [0.25, 0.3) is 0 Å². The third kappa shape index (κ3) is 2.81. The van der Waals surface area contributed by atoms with Crippen molar-refractivity contribution in [2.75, 3.05) is 7.05 Å². The van der Waals surface area contributed by atoms with Crippen LogP contribution < -0.4 is 0 Å². The molecule has 0 spiro atoms. The first-order chi connectivity index (χ1) is 7.75. The lowest BCUT2D eigenvalue weighted by Gasteiger charge is -2.15. The Morgan fingerprint density at radius 3 is 2.81 bits per heavy atom. The van der Waals surface area contributed by atoms with Crippen LogP contribution in [0.15, 0.2) is 35.8 Å². The molecule has 0 fully saturated rings. The molecule has 3 nitrogen and oxygen atoms in total. The van der Waals surface area contributed by atoms with Crippen molar-refractivity contribution in [2.24, 2.45) is 0 Å². The maximum atomic E-state index is 9.65. The average Bonchev–Trinajstić information content (AvgIpc) is 2.74. The fraction of sp³-hybridized carbons (Fsp3) is 0.250. The van der Waals surface area contributed by atoms with Gasteiger partial charge in [0.25, 0.3) is 0 Å². The molecule has 0 aliphatic heterocycles. The molecule has 0 atom stereocenters. The second-order valence-electron chi connectivity index (χ2n) is 3.73. The van der Waals surface area contributed by atoms with Gasteiger partial charge < -0.3 is 5.11 Å². The van der Waals surface area contributed by atoms with Gasteiger partial charge in [-0.1, -0.05) is 18.2 Å². The quantitative estimate of drug-likeness (QED) is 0.883. The Morgan fingerprint density at radius 1 is 1.31 bits per heavy atom. The van der Waals surface area contributed by atoms with Crippen molar-refractivity contribution in [3.05, 3.63) is 46.4 Å². The Hall–Kier alpha value is -1.39. The number of aromatic nitrogens is 1. The third-order valence-corrected chi connectivity index (χ3v) is 3.08. The molecule has 0 aliphatic carbocycles. The van der Waals surface area contributed by atoms with E-state index in [2.05, 4.69) is 9.88 Å². The lowest BCUT2D eigenvalue weighted by Crippen LogP contribution is -2.17. The Morgan fingerprint density at radius 2 is 2.12 bits per heavy atom. The van der Waals surface area contributed by atoms with E-state index in [9.17, 15) is 5.11 Å². The molecule has 2 aromatic rings. The summed E-state index contributed by atoms with van der Waals surface area (Å²) in [7, 11) is 2.02. The summed E-state index contributed by atoms with van der Waals surface area (Å²) in [6.07, 6.45) is 1.81. The number of phenols is 1. The normalized spacial score (nSPS) is 10.9. The third-order valence-electron chi connectivity index (χ3n) is 2.32. The summed E-state index contributed by atoms with van der Waals surface area (Å²) >= 11 is 1.65. The highest BCUT2D eigenvalue weighted by Crippen LogP contribution is 2.18. The Labute approximate surface area is 99.0 Å². The molecule has 0 bridgehead atoms. The molecule has 1 heterocycles. The molecule has 16 heavy (non-hydrogen) atoms. The van der Waals surface area contributed by atoms with Gasteiger partial charge in [-0.2, -0.15) is 0 Å². The van der Waals surface area contributed by atoms with Crippen LogP contribution >= 0.6 is 11.3 Å². The van der Waals surface area contributed by atoms with Gasteiger partial charge in [-0.25, -0.2) is 4.98 Å². The standard InChI is InChI=1S/C12H14N2OS/c1-14(9-12-13-6-7-16-12)8-10-4-2-3-5-11(10)15/h2-7,15H,8-9H2,1H3. The molecular formula is C12H14N2OS. The number of para-hydroxylation sites is 1. The zero-order valence-electron chi connectivity index (χ0n) is 9.13. The Kier molecular flexibility index (Phi) is 3.54. The smallest absolute Gasteiger partial charge is 0.120 e. The first-order valence-corrected chi connectivity index (χ1v) is 5.97. The van der Waals surface area contributed by atoms with E-state index in [4.69, 9.17) is 0 Å². The van der Waals surface area contributed by atoms with Crippen LogP contribution in [0.5, 0.6) is 5.75 Å². The van der Waals surface area contributed by atoms with E-state index < -0.39 is 0 Å². The summed E-state index contributed by atoms with van der Waals surface area (Å²) in [6.45, 7) is 1.54. The van der Waals surface area contributed by atoms with Gasteiger partial charge >= 0.3 is 0 Å². The minimum absolute atomic E-state index is 0.355. The van der Waals surface area contributed by atoms with Gasteiger partial charge in [0, 0.05) is 23.7 Å². The number of hydrogen-bond donors (Lipinski definition) is 1. The summed E-state index contributed by atoms with van der Waals surface area (Å²) in [5.41, 5.74) is 0.946. The first kappa shape index (κ1) is 11.1. The van der Waals surface area contributed by atoms with Crippen molar-refractivity contribution in [3.63, 3.8) is 0 Å². The number of thiazole rings is 1. The molecule has 0 saturated heterocycles. The van der Waals surface area contributed by atoms with Gasteiger partial charge in [-0.05, 0) is 13.1 Å². The van der Waals surface area contributed by atoms with Crippen molar-refractivity contribution in [1.29, 1.82) is 0 Å². The molecule has 0 radical (unpaired) electrons. The van der Waals surface area contributed by atoms with Crippen LogP contribution in [0.2, 0.25) is 0 Å². The summed E-state index contributed by atoms with van der Waals surface area (Å²) in [6, 6.07) is 7.42. The highest BCUT2D eigenvalue weighted by atomic mass is 32.1. The van der Waals surface area contributed by atoms with Gasteiger partial charge in [-0.15, -0.1) is 11.3 Å². The Balaban J connectivity index is 1.97. The Bertz CT molecular complexity index is 442. The fourth-order valence-electron chi connectivity index (χ4n) is 1.55. The predicted molar refractivity (Wildman–Crippen MR) is 65.4 cm³/mol. The number of aromatic hydroxyl groups is 1. The zero-order chi connectivity index (χ0) is 11.4. The van der Waals surface area contributed by atoms with Crippen molar-refractivity contribution >= 4 is 11.3 Å². The van der Waals surface area contributed by atoms with Crippen LogP contribution in [0.4, 0.5) is 0 Å². The minimum Gasteiger partial charge on any atom is -0.508 e. The number of phenolic OH excluding ortho intramolecular Hbond substituents is 1. The number of benzene rings is 1. The van der Waals surface area contributed by atoms with Crippen LogP contribution in [-0.2, 0) is 13.1 Å². The minimum atomic E-state index is 0.355. The lowest BCUT2D eigenvalue weighted by molar-refractivity contribution is 0.312. The first-order valence-electron chi connectivity index (χ1n) is 5.09. The van der Waals surface area contributed by atoms with E-state index >= 15 is 0 Å². The highest BCUT2D eigenvalue weighted by molar-refractivity contribution is 7.09. The number of nitrogens with zero attached hydrogens (tertiary/aromatic N) is 2. The molecule has 0 saturated carbocycles. The maximum Gasteiger partial charge on any atom is 0.120 e. The topological polar surface area (TPSA) is 36.4 Å². The molecule has 1 aromatic heterocycles. The molecule has 84 valence electrons. The monoisotopic (exact) mass is 234 g/mol. The van der Waals surface area contributed by atoms with E-state index in [-0.39, 0.29) is 0 Å². The highest BCUT2D eigenvalue weighted by Gasteiger charge is 2.06. The largest absolute Gasteiger partial charge is 0.508 e. The molecule has 0 unspecified atom stereocenters. The van der Waals surface area contributed by atoms with Gasteiger partial charge in [0.2, 0.25) is 0 Å². The molecule has 0 aliphatic rings. The van der Waals surface area contributed by atoms with Crippen LogP contribution in [0, 0.1) is 0 Å². The predicted octanol–water partition coefficient (Wildman–Crippen LogP) is 2.48. The molecule has 1 aromatic carbocycles. The van der Waals surface area contributed by atoms with Crippen molar-refractivity contribution < 1.29 is 5.11 Å². The van der Waals surface area contributed by atoms with Crippen molar-refractivity contribution in [2.45, 2.75) is 13.1 Å². The maximum absolute atomic E-state index is 9.65. The van der Waals surface area contributed by atoms with Gasteiger partial charge in [-0.3, -0.25) is 4.90 Å². The number of hydrogen-bond acceptors (Lipinski definition) is 4. The zero-order valence-corrected chi connectivity index (χ0v) is 9.94.